The van der Waals surface area contributed by atoms with E-state index in [1.165, 1.54) is 31.4 Å². The molecule has 1 aliphatic carbocycles. The van der Waals surface area contributed by atoms with E-state index in [0.717, 1.165) is 18.2 Å². The number of carboxylic acid groups (broad SMARTS) is 1. The highest BCUT2D eigenvalue weighted by Crippen LogP contribution is 2.36. The average Bonchev–Trinajstić information content (AvgIpc) is 3.16. The molecule has 1 heterocycles. The summed E-state index contributed by atoms with van der Waals surface area (Å²) in [7, 11) is -3.27. The van der Waals surface area contributed by atoms with Crippen molar-refractivity contribution >= 4 is 50.2 Å². The first kappa shape index (κ1) is 25.7. The molecule has 5 rings (SSSR count). The summed E-state index contributed by atoms with van der Waals surface area (Å²) in [6, 6.07) is 15.0. The first-order valence-electron chi connectivity index (χ1n) is 11.3. The number of Topliss-reactive ketones (excluding diaryl/α,β-unsaturated/α-hetero) is 2. The molecular formula is C27H18N2O9S. The van der Waals surface area contributed by atoms with Gasteiger partial charge in [-0.15, -0.1) is 0 Å². The lowest BCUT2D eigenvalue weighted by Gasteiger charge is -2.13. The van der Waals surface area contributed by atoms with Gasteiger partial charge in [-0.3, -0.25) is 18.9 Å². The lowest BCUT2D eigenvalue weighted by molar-refractivity contribution is 0.0691. The molecule has 1 aromatic heterocycles. The molecule has 0 fully saturated rings. The average molecular weight is 547 g/mol. The van der Waals surface area contributed by atoms with Crippen molar-refractivity contribution in [3.05, 3.63) is 94.7 Å². The second-order valence-corrected chi connectivity index (χ2v) is 10.0. The first-order chi connectivity index (χ1) is 18.5. The predicted molar refractivity (Wildman–Crippen MR) is 137 cm³/mol. The summed E-state index contributed by atoms with van der Waals surface area (Å²) in [5.74, 6) is -4.13. The van der Waals surface area contributed by atoms with Crippen LogP contribution in [0.3, 0.4) is 0 Å². The number of aromatic nitrogens is 1. The van der Waals surface area contributed by atoms with E-state index in [9.17, 15) is 37.3 Å². The maximum atomic E-state index is 13.2. The lowest BCUT2D eigenvalue weighted by Crippen LogP contribution is -2.18. The van der Waals surface area contributed by atoms with Crippen LogP contribution in [0.25, 0.3) is 10.9 Å². The van der Waals surface area contributed by atoms with Crippen LogP contribution in [0.5, 0.6) is 5.75 Å². The number of nitrogens with one attached hydrogen (secondary N) is 1. The van der Waals surface area contributed by atoms with Crippen LogP contribution in [-0.4, -0.2) is 53.6 Å². The number of ketones is 2. The number of fused-ring (bicyclic) bond motifs is 2. The Morgan fingerprint density at radius 3 is 2.36 bits per heavy atom. The van der Waals surface area contributed by atoms with Crippen molar-refractivity contribution in [3.8, 4) is 5.75 Å². The smallest absolute Gasteiger partial charge is 0.336 e. The standard InChI is InChI=1S/C27H18N2O9S/c1-38-14-6-8-16-18(11-14)25(31)22(24(16)30)20-10-5-13-3-2-4-21(23(13)28-20)29-26(32)19-12-15(39(35,36)37)7-9-17(19)27(33)34/h2-12,22H,1H3,(H,29,32)(H,33,34)(H,35,36,37). The topological polar surface area (TPSA) is 177 Å². The Hall–Kier alpha value is -4.94. The van der Waals surface area contributed by atoms with Gasteiger partial charge in [-0.2, -0.15) is 8.42 Å². The Morgan fingerprint density at radius 1 is 0.923 bits per heavy atom. The number of carbonyl (C=O) groups is 4. The molecule has 0 saturated carbocycles. The maximum absolute atomic E-state index is 13.2. The van der Waals surface area contributed by atoms with Gasteiger partial charge in [0.15, 0.2) is 11.6 Å². The van der Waals surface area contributed by atoms with Crippen LogP contribution in [0.4, 0.5) is 5.69 Å². The first-order valence-corrected chi connectivity index (χ1v) is 12.8. The highest BCUT2D eigenvalue weighted by Gasteiger charge is 2.41. The molecule has 1 atom stereocenters. The Bertz CT molecular complexity index is 1850. The minimum atomic E-state index is -4.72. The van der Waals surface area contributed by atoms with Crippen LogP contribution in [0.1, 0.15) is 53.0 Å². The minimum Gasteiger partial charge on any atom is -0.497 e. The van der Waals surface area contributed by atoms with Gasteiger partial charge in [-0.05, 0) is 48.5 Å². The van der Waals surface area contributed by atoms with E-state index in [1.807, 2.05) is 0 Å². The quantitative estimate of drug-likeness (QED) is 0.239. The number of carbonyl (C=O) groups excluding carboxylic acids is 3. The molecule has 0 radical (unpaired) electrons. The lowest BCUT2D eigenvalue weighted by atomic mass is 9.98. The van der Waals surface area contributed by atoms with Gasteiger partial charge >= 0.3 is 5.97 Å². The Kier molecular flexibility index (Phi) is 6.21. The molecule has 0 saturated heterocycles. The Morgan fingerprint density at radius 2 is 1.67 bits per heavy atom. The third-order valence-corrected chi connectivity index (χ3v) is 7.18. The summed E-state index contributed by atoms with van der Waals surface area (Å²) < 4.78 is 37.6. The SMILES string of the molecule is COc1ccc2c(c1)C(=O)C(c1ccc3cccc(NC(=O)c4cc(S(=O)(=O)O)ccc4C(=O)O)c3n1)C2=O. The predicted octanol–water partition coefficient (Wildman–Crippen LogP) is 3.60. The minimum absolute atomic E-state index is 0.116. The van der Waals surface area contributed by atoms with Gasteiger partial charge in [-0.1, -0.05) is 18.2 Å². The van der Waals surface area contributed by atoms with Crippen LogP contribution in [-0.2, 0) is 10.1 Å². The summed E-state index contributed by atoms with van der Waals surface area (Å²) in [6.07, 6.45) is 0. The zero-order valence-corrected chi connectivity index (χ0v) is 20.9. The van der Waals surface area contributed by atoms with Crippen LogP contribution >= 0.6 is 0 Å². The van der Waals surface area contributed by atoms with E-state index in [2.05, 4.69) is 10.3 Å². The Balaban J connectivity index is 1.55. The van der Waals surface area contributed by atoms with Crippen LogP contribution in [0.15, 0.2) is 71.6 Å². The zero-order chi connectivity index (χ0) is 28.1. The molecule has 39 heavy (non-hydrogen) atoms. The molecule has 0 bridgehead atoms. The number of methoxy groups -OCH3 is 1. The molecule has 4 aromatic rings. The van der Waals surface area contributed by atoms with E-state index in [0.29, 0.717) is 11.1 Å². The number of pyridine rings is 1. The van der Waals surface area contributed by atoms with Crippen LogP contribution < -0.4 is 10.1 Å². The van der Waals surface area contributed by atoms with Crippen molar-refractivity contribution in [2.45, 2.75) is 10.8 Å². The number of hydrogen-bond donors (Lipinski definition) is 3. The van der Waals surface area contributed by atoms with Crippen molar-refractivity contribution in [3.63, 3.8) is 0 Å². The largest absolute Gasteiger partial charge is 0.497 e. The van der Waals surface area contributed by atoms with E-state index < -0.39 is 55.5 Å². The van der Waals surface area contributed by atoms with Crippen molar-refractivity contribution in [1.29, 1.82) is 0 Å². The molecule has 3 N–H and O–H groups in total. The van der Waals surface area contributed by atoms with Gasteiger partial charge < -0.3 is 15.2 Å². The fraction of sp³-hybridized carbons (Fsp3) is 0.0741. The number of ether oxygens (including phenoxy) is 1. The number of benzene rings is 3. The summed E-state index contributed by atoms with van der Waals surface area (Å²) in [6.45, 7) is 0. The van der Waals surface area contributed by atoms with Crippen molar-refractivity contribution in [2.75, 3.05) is 12.4 Å². The number of hydrogen-bond acceptors (Lipinski definition) is 8. The number of carboxylic acids is 1. The second-order valence-electron chi connectivity index (χ2n) is 8.63. The molecule has 0 spiro atoms. The van der Waals surface area contributed by atoms with Gasteiger partial charge in [0.25, 0.3) is 16.0 Å². The summed E-state index contributed by atoms with van der Waals surface area (Å²) in [5.41, 5.74) is -0.0818. The molecule has 12 heteroatoms. The molecule has 1 unspecified atom stereocenters. The number of aromatic carboxylic acids is 1. The normalized spacial score (nSPS) is 14.8. The van der Waals surface area contributed by atoms with Gasteiger partial charge in [0.05, 0.1) is 40.0 Å². The monoisotopic (exact) mass is 546 g/mol. The number of nitrogens with zero attached hydrogens (tertiary/aromatic N) is 1. The van der Waals surface area contributed by atoms with Crippen LogP contribution in [0, 0.1) is 0 Å². The molecule has 0 aliphatic heterocycles. The molecule has 1 amide bonds. The summed E-state index contributed by atoms with van der Waals surface area (Å²) in [5, 5.41) is 12.5. The number of amides is 1. The van der Waals surface area contributed by atoms with E-state index in [4.69, 9.17) is 4.74 Å². The summed E-state index contributed by atoms with van der Waals surface area (Å²) >= 11 is 0. The van der Waals surface area contributed by atoms with E-state index >= 15 is 0 Å². The fourth-order valence-corrected chi connectivity index (χ4v) is 4.95. The van der Waals surface area contributed by atoms with Crippen LogP contribution in [0.2, 0.25) is 0 Å². The highest BCUT2D eigenvalue weighted by molar-refractivity contribution is 7.85. The number of rotatable bonds is 6. The highest BCUT2D eigenvalue weighted by atomic mass is 32.2. The fourth-order valence-electron chi connectivity index (χ4n) is 4.44. The van der Waals surface area contributed by atoms with Crippen molar-refractivity contribution in [2.24, 2.45) is 0 Å². The van der Waals surface area contributed by atoms with Gasteiger partial charge in [0, 0.05) is 16.5 Å². The van der Waals surface area contributed by atoms with Gasteiger partial charge in [-0.25, -0.2) is 9.78 Å². The van der Waals surface area contributed by atoms with Gasteiger partial charge in [0.2, 0.25) is 0 Å². The molecule has 1 aliphatic rings. The van der Waals surface area contributed by atoms with E-state index in [1.54, 1.807) is 24.3 Å². The molecule has 11 nitrogen and oxygen atoms in total. The van der Waals surface area contributed by atoms with Gasteiger partial charge in [0.1, 0.15) is 11.7 Å². The third kappa shape index (κ3) is 4.51. The molecular weight excluding hydrogens is 528 g/mol. The second kappa shape index (κ2) is 9.42. The molecule has 3 aromatic carbocycles. The zero-order valence-electron chi connectivity index (χ0n) is 20.0. The molecule has 196 valence electrons. The Labute approximate surface area is 220 Å². The summed E-state index contributed by atoms with van der Waals surface area (Å²) in [4.78, 5) is 54.9. The number of para-hydroxylation sites is 1. The van der Waals surface area contributed by atoms with Crippen molar-refractivity contribution in [1.82, 2.24) is 4.98 Å². The third-order valence-electron chi connectivity index (χ3n) is 6.33. The maximum Gasteiger partial charge on any atom is 0.336 e. The number of anilines is 1. The van der Waals surface area contributed by atoms with Crippen molar-refractivity contribution < 1.29 is 42.0 Å². The van der Waals surface area contributed by atoms with E-state index in [-0.39, 0.29) is 28.0 Å².